The fourth-order valence-corrected chi connectivity index (χ4v) is 5.84. The molecule has 2 heteroatoms. The van der Waals surface area contributed by atoms with Crippen molar-refractivity contribution in [3.63, 3.8) is 0 Å². The normalized spacial score (nSPS) is 18.1. The zero-order valence-corrected chi connectivity index (χ0v) is 22.7. The minimum absolute atomic E-state index is 0.134. The summed E-state index contributed by atoms with van der Waals surface area (Å²) in [5, 5.41) is 0. The summed E-state index contributed by atoms with van der Waals surface area (Å²) in [6.07, 6.45) is 25.7. The van der Waals surface area contributed by atoms with Crippen LogP contribution in [-0.4, -0.2) is 4.98 Å². The van der Waals surface area contributed by atoms with E-state index in [0.717, 1.165) is 30.0 Å². The van der Waals surface area contributed by atoms with Crippen molar-refractivity contribution in [3.8, 4) is 11.3 Å². The van der Waals surface area contributed by atoms with Gasteiger partial charge in [-0.15, -0.1) is 0 Å². The summed E-state index contributed by atoms with van der Waals surface area (Å²) in [5.41, 5.74) is 3.84. The van der Waals surface area contributed by atoms with Gasteiger partial charge in [-0.2, -0.15) is 0 Å². The van der Waals surface area contributed by atoms with Crippen LogP contribution in [0.1, 0.15) is 140 Å². The zero-order valence-electron chi connectivity index (χ0n) is 22.7. The maximum absolute atomic E-state index is 14.9. The first-order valence-corrected chi connectivity index (χ1v) is 15.0. The van der Waals surface area contributed by atoms with E-state index in [-0.39, 0.29) is 5.82 Å². The van der Waals surface area contributed by atoms with Crippen LogP contribution in [0.25, 0.3) is 11.3 Å². The van der Waals surface area contributed by atoms with Crippen molar-refractivity contribution in [1.82, 2.24) is 4.98 Å². The molecule has 0 N–H and O–H groups in total. The van der Waals surface area contributed by atoms with Gasteiger partial charge < -0.3 is 0 Å². The lowest BCUT2D eigenvalue weighted by molar-refractivity contribution is 0.301. The molecule has 1 heterocycles. The molecule has 1 aliphatic rings. The molecule has 0 atom stereocenters. The van der Waals surface area contributed by atoms with Gasteiger partial charge in [0.15, 0.2) is 0 Å². The van der Waals surface area contributed by atoms with Crippen LogP contribution in [0.3, 0.4) is 0 Å². The van der Waals surface area contributed by atoms with Gasteiger partial charge in [0.25, 0.3) is 0 Å². The molecule has 35 heavy (non-hydrogen) atoms. The molecule has 0 spiro atoms. The van der Waals surface area contributed by atoms with Crippen molar-refractivity contribution >= 4 is 0 Å². The van der Waals surface area contributed by atoms with Gasteiger partial charge in [-0.1, -0.05) is 103 Å². The van der Waals surface area contributed by atoms with Gasteiger partial charge in [-0.05, 0) is 79.7 Å². The third-order valence-electron chi connectivity index (χ3n) is 8.20. The molecule has 0 bridgehead atoms. The number of benzene rings is 1. The first kappa shape index (κ1) is 27.9. The summed E-state index contributed by atoms with van der Waals surface area (Å²) in [4.78, 5) is 4.68. The van der Waals surface area contributed by atoms with Crippen LogP contribution in [0.4, 0.5) is 4.39 Å². The van der Waals surface area contributed by atoms with Gasteiger partial charge in [-0.3, -0.25) is 4.98 Å². The van der Waals surface area contributed by atoms with Crippen molar-refractivity contribution in [3.05, 3.63) is 53.5 Å². The van der Waals surface area contributed by atoms with Crippen LogP contribution in [0.2, 0.25) is 0 Å². The number of aryl methyl sites for hydroxylation is 1. The van der Waals surface area contributed by atoms with Gasteiger partial charge in [0.05, 0.1) is 5.69 Å². The second-order valence-corrected chi connectivity index (χ2v) is 11.1. The number of halogens is 1. The molecule has 0 aliphatic heterocycles. The predicted octanol–water partition coefficient (Wildman–Crippen LogP) is 10.8. The molecule has 0 radical (unpaired) electrons. The first-order valence-electron chi connectivity index (χ1n) is 15.0. The van der Waals surface area contributed by atoms with Crippen LogP contribution < -0.4 is 0 Å². The number of pyridine rings is 1. The standard InChI is InChI=1S/C33H50FN/c1-3-5-7-9-10-12-14-16-28-19-23-31(32(34)25-28)33-24-22-30(26-35-33)29-20-17-27(18-21-29)15-13-11-8-6-4-2/h19,22-27,29H,3-18,20-21H2,1-2H3/t27-,29-. The molecule has 1 nitrogen and oxygen atoms in total. The monoisotopic (exact) mass is 479 g/mol. The Balaban J connectivity index is 1.42. The number of unbranched alkanes of at least 4 members (excludes halogenated alkanes) is 10. The van der Waals surface area contributed by atoms with Crippen LogP contribution >= 0.6 is 0 Å². The van der Waals surface area contributed by atoms with E-state index in [9.17, 15) is 4.39 Å². The van der Waals surface area contributed by atoms with Crippen LogP contribution in [0.5, 0.6) is 0 Å². The Bertz CT molecular complexity index is 819. The summed E-state index contributed by atoms with van der Waals surface area (Å²) in [6, 6.07) is 9.98. The zero-order chi connectivity index (χ0) is 24.7. The maximum Gasteiger partial charge on any atom is 0.132 e. The molecule has 1 aliphatic carbocycles. The van der Waals surface area contributed by atoms with Crippen molar-refractivity contribution < 1.29 is 4.39 Å². The van der Waals surface area contributed by atoms with Gasteiger partial charge in [0, 0.05) is 11.8 Å². The second kappa shape index (κ2) is 16.1. The molecule has 1 aromatic heterocycles. The Morgan fingerprint density at radius 3 is 2.03 bits per heavy atom. The summed E-state index contributed by atoms with van der Waals surface area (Å²) >= 11 is 0. The Morgan fingerprint density at radius 2 is 1.40 bits per heavy atom. The van der Waals surface area contributed by atoms with Crippen LogP contribution in [0.15, 0.2) is 36.5 Å². The van der Waals surface area contributed by atoms with Gasteiger partial charge >= 0.3 is 0 Å². The first-order chi connectivity index (χ1) is 17.2. The minimum atomic E-state index is -0.134. The lowest BCUT2D eigenvalue weighted by Crippen LogP contribution is -2.13. The third kappa shape index (κ3) is 9.70. The SMILES string of the molecule is CCCCCCCCCc1ccc(-c2ccc([C@H]3CC[C@H](CCCCCCC)CC3)cn2)c(F)c1. The number of aromatic nitrogens is 1. The molecule has 1 saturated carbocycles. The van der Waals surface area contributed by atoms with Crippen LogP contribution in [0, 0.1) is 11.7 Å². The molecule has 194 valence electrons. The summed E-state index contributed by atoms with van der Waals surface area (Å²) in [6.45, 7) is 4.54. The van der Waals surface area contributed by atoms with Crippen LogP contribution in [-0.2, 0) is 6.42 Å². The van der Waals surface area contributed by atoms with Crippen molar-refractivity contribution in [1.29, 1.82) is 0 Å². The molecule has 3 rings (SSSR count). The van der Waals surface area contributed by atoms with Gasteiger partial charge in [-0.25, -0.2) is 4.39 Å². The fraction of sp³-hybridized carbons (Fsp3) is 0.667. The molecule has 0 amide bonds. The molecule has 1 fully saturated rings. The molecule has 2 aromatic rings. The highest BCUT2D eigenvalue weighted by molar-refractivity contribution is 5.60. The van der Waals surface area contributed by atoms with Crippen molar-refractivity contribution in [2.75, 3.05) is 0 Å². The third-order valence-corrected chi connectivity index (χ3v) is 8.20. The summed E-state index contributed by atoms with van der Waals surface area (Å²) in [7, 11) is 0. The van der Waals surface area contributed by atoms with Gasteiger partial charge in [0.2, 0.25) is 0 Å². The van der Waals surface area contributed by atoms with E-state index in [1.165, 1.54) is 108 Å². The van der Waals surface area contributed by atoms with Crippen molar-refractivity contribution in [2.24, 2.45) is 5.92 Å². The number of nitrogens with zero attached hydrogens (tertiary/aromatic N) is 1. The summed E-state index contributed by atoms with van der Waals surface area (Å²) < 4.78 is 14.9. The average molecular weight is 480 g/mol. The van der Waals surface area contributed by atoms with E-state index in [0.29, 0.717) is 11.5 Å². The van der Waals surface area contributed by atoms with E-state index in [1.807, 2.05) is 18.3 Å². The topological polar surface area (TPSA) is 12.9 Å². The lowest BCUT2D eigenvalue weighted by atomic mass is 9.77. The molecule has 0 saturated heterocycles. The Labute approximate surface area is 215 Å². The van der Waals surface area contributed by atoms with E-state index >= 15 is 0 Å². The van der Waals surface area contributed by atoms with E-state index in [2.05, 4.69) is 31.0 Å². The molecular weight excluding hydrogens is 429 g/mol. The smallest absolute Gasteiger partial charge is 0.132 e. The molecular formula is C33H50FN. The van der Waals surface area contributed by atoms with E-state index in [1.54, 1.807) is 6.07 Å². The quantitative estimate of drug-likeness (QED) is 0.218. The molecule has 1 aromatic carbocycles. The minimum Gasteiger partial charge on any atom is -0.256 e. The highest BCUT2D eigenvalue weighted by Gasteiger charge is 2.22. The lowest BCUT2D eigenvalue weighted by Gasteiger charge is -2.28. The number of hydrogen-bond donors (Lipinski definition) is 0. The fourth-order valence-electron chi connectivity index (χ4n) is 5.84. The Hall–Kier alpha value is -1.70. The second-order valence-electron chi connectivity index (χ2n) is 11.1. The maximum atomic E-state index is 14.9. The number of rotatable bonds is 16. The predicted molar refractivity (Wildman–Crippen MR) is 149 cm³/mol. The van der Waals surface area contributed by atoms with E-state index < -0.39 is 0 Å². The Kier molecular flexibility index (Phi) is 12.8. The highest BCUT2D eigenvalue weighted by Crippen LogP contribution is 2.38. The summed E-state index contributed by atoms with van der Waals surface area (Å²) in [5.74, 6) is 1.42. The average Bonchev–Trinajstić information content (AvgIpc) is 2.89. The highest BCUT2D eigenvalue weighted by atomic mass is 19.1. The van der Waals surface area contributed by atoms with Crippen molar-refractivity contribution in [2.45, 2.75) is 135 Å². The number of hydrogen-bond acceptors (Lipinski definition) is 1. The Morgan fingerprint density at radius 1 is 0.743 bits per heavy atom. The molecule has 0 unspecified atom stereocenters. The largest absolute Gasteiger partial charge is 0.256 e. The van der Waals surface area contributed by atoms with E-state index in [4.69, 9.17) is 0 Å². The van der Waals surface area contributed by atoms with Gasteiger partial charge in [0.1, 0.15) is 5.82 Å².